The van der Waals surface area contributed by atoms with Gasteiger partial charge in [-0.05, 0) is 36.5 Å². The van der Waals surface area contributed by atoms with Crippen molar-refractivity contribution in [1.29, 1.82) is 0 Å². The second-order valence-corrected chi connectivity index (χ2v) is 5.45. The Kier molecular flexibility index (Phi) is 7.09. The Morgan fingerprint density at radius 2 is 2.15 bits per heavy atom. The van der Waals surface area contributed by atoms with Crippen LogP contribution in [0.2, 0.25) is 0 Å². The Hall–Kier alpha value is -1.55. The number of rotatable bonds is 8. The van der Waals surface area contributed by atoms with E-state index in [9.17, 15) is 4.79 Å². The first-order valence-electron chi connectivity index (χ1n) is 7.17. The van der Waals surface area contributed by atoms with E-state index in [1.807, 2.05) is 24.3 Å². The van der Waals surface area contributed by atoms with E-state index in [0.29, 0.717) is 19.0 Å². The van der Waals surface area contributed by atoms with Crippen molar-refractivity contribution in [1.82, 2.24) is 5.32 Å². The first-order valence-corrected chi connectivity index (χ1v) is 7.17. The molecule has 1 aromatic rings. The van der Waals surface area contributed by atoms with E-state index in [1.54, 1.807) is 7.11 Å². The van der Waals surface area contributed by atoms with E-state index in [4.69, 9.17) is 10.5 Å². The van der Waals surface area contributed by atoms with Gasteiger partial charge >= 0.3 is 0 Å². The summed E-state index contributed by atoms with van der Waals surface area (Å²) < 4.78 is 5.18. The van der Waals surface area contributed by atoms with Crippen LogP contribution in [0.5, 0.6) is 5.75 Å². The van der Waals surface area contributed by atoms with Crippen LogP contribution >= 0.6 is 0 Å². The molecule has 1 atom stereocenters. The molecule has 0 spiro atoms. The first-order chi connectivity index (χ1) is 9.56. The lowest BCUT2D eigenvalue weighted by Crippen LogP contribution is -2.36. The van der Waals surface area contributed by atoms with Crippen LogP contribution in [0.1, 0.15) is 25.8 Å². The molecule has 0 radical (unpaired) electrons. The summed E-state index contributed by atoms with van der Waals surface area (Å²) in [5, 5.41) is 2.97. The quantitative estimate of drug-likeness (QED) is 0.764. The van der Waals surface area contributed by atoms with E-state index in [2.05, 4.69) is 19.2 Å². The van der Waals surface area contributed by atoms with Crippen LogP contribution in [-0.2, 0) is 11.2 Å². The van der Waals surface area contributed by atoms with Crippen molar-refractivity contribution in [2.24, 2.45) is 17.6 Å². The zero-order chi connectivity index (χ0) is 15.0. The fourth-order valence-corrected chi connectivity index (χ4v) is 2.18. The van der Waals surface area contributed by atoms with Gasteiger partial charge in [-0.2, -0.15) is 0 Å². The molecule has 4 nitrogen and oxygen atoms in total. The average molecular weight is 278 g/mol. The predicted molar refractivity (Wildman–Crippen MR) is 81.7 cm³/mol. The smallest absolute Gasteiger partial charge is 0.224 e. The average Bonchev–Trinajstić information content (AvgIpc) is 2.44. The maximum atomic E-state index is 12.0. The van der Waals surface area contributed by atoms with Crippen LogP contribution in [0.25, 0.3) is 0 Å². The van der Waals surface area contributed by atoms with Crippen LogP contribution in [0.3, 0.4) is 0 Å². The maximum Gasteiger partial charge on any atom is 0.224 e. The number of hydrogen-bond acceptors (Lipinski definition) is 3. The number of amides is 1. The van der Waals surface area contributed by atoms with Crippen LogP contribution in [0.4, 0.5) is 0 Å². The lowest BCUT2D eigenvalue weighted by atomic mass is 9.96. The SMILES string of the molecule is COc1cccc(CCNC(=O)C(CN)CC(C)C)c1. The zero-order valence-corrected chi connectivity index (χ0v) is 12.7. The molecular formula is C16H26N2O2. The summed E-state index contributed by atoms with van der Waals surface area (Å²) in [6, 6.07) is 7.89. The van der Waals surface area contributed by atoms with Gasteiger partial charge in [-0.1, -0.05) is 26.0 Å². The zero-order valence-electron chi connectivity index (χ0n) is 12.7. The third-order valence-electron chi connectivity index (χ3n) is 3.26. The van der Waals surface area contributed by atoms with Crippen LogP contribution in [0.15, 0.2) is 24.3 Å². The van der Waals surface area contributed by atoms with Crippen molar-refractivity contribution >= 4 is 5.91 Å². The third kappa shape index (κ3) is 5.61. The largest absolute Gasteiger partial charge is 0.497 e. The van der Waals surface area contributed by atoms with Gasteiger partial charge in [-0.25, -0.2) is 0 Å². The predicted octanol–water partition coefficient (Wildman–Crippen LogP) is 1.97. The maximum absolute atomic E-state index is 12.0. The molecular weight excluding hydrogens is 252 g/mol. The van der Waals surface area contributed by atoms with Gasteiger partial charge in [-0.3, -0.25) is 4.79 Å². The highest BCUT2D eigenvalue weighted by Gasteiger charge is 2.17. The minimum Gasteiger partial charge on any atom is -0.497 e. The fourth-order valence-electron chi connectivity index (χ4n) is 2.18. The molecule has 3 N–H and O–H groups in total. The second-order valence-electron chi connectivity index (χ2n) is 5.45. The molecule has 0 saturated heterocycles. The molecule has 4 heteroatoms. The number of benzene rings is 1. The van der Waals surface area contributed by atoms with E-state index < -0.39 is 0 Å². The molecule has 1 aromatic carbocycles. The van der Waals surface area contributed by atoms with Crippen LogP contribution in [0, 0.1) is 11.8 Å². The topological polar surface area (TPSA) is 64.3 Å². The van der Waals surface area contributed by atoms with E-state index in [-0.39, 0.29) is 11.8 Å². The number of nitrogens with two attached hydrogens (primary N) is 1. The summed E-state index contributed by atoms with van der Waals surface area (Å²) in [4.78, 5) is 12.0. The van der Waals surface area contributed by atoms with Gasteiger partial charge in [0.15, 0.2) is 0 Å². The normalized spacial score (nSPS) is 12.2. The molecule has 0 aliphatic rings. The standard InChI is InChI=1S/C16H26N2O2/c1-12(2)9-14(11-17)16(19)18-8-7-13-5-4-6-15(10-13)20-3/h4-6,10,12,14H,7-9,11,17H2,1-3H3,(H,18,19). The molecule has 0 aliphatic carbocycles. The second kappa shape index (κ2) is 8.59. The Morgan fingerprint density at radius 1 is 1.40 bits per heavy atom. The van der Waals surface area contributed by atoms with Crippen molar-refractivity contribution in [3.63, 3.8) is 0 Å². The minimum atomic E-state index is -0.0830. The van der Waals surface area contributed by atoms with Crippen molar-refractivity contribution in [2.75, 3.05) is 20.2 Å². The molecule has 0 bridgehead atoms. The highest BCUT2D eigenvalue weighted by atomic mass is 16.5. The van der Waals surface area contributed by atoms with Crippen molar-refractivity contribution < 1.29 is 9.53 Å². The summed E-state index contributed by atoms with van der Waals surface area (Å²) in [7, 11) is 1.65. The monoisotopic (exact) mass is 278 g/mol. The lowest BCUT2D eigenvalue weighted by molar-refractivity contribution is -0.125. The molecule has 20 heavy (non-hydrogen) atoms. The summed E-state index contributed by atoms with van der Waals surface area (Å²) in [5.41, 5.74) is 6.82. The Bertz CT molecular complexity index is 419. The number of nitrogens with one attached hydrogen (secondary N) is 1. The van der Waals surface area contributed by atoms with Crippen molar-refractivity contribution in [3.05, 3.63) is 29.8 Å². The van der Waals surface area contributed by atoms with Gasteiger partial charge in [0, 0.05) is 13.1 Å². The summed E-state index contributed by atoms with van der Waals surface area (Å²) >= 11 is 0. The van der Waals surface area contributed by atoms with Gasteiger partial charge in [0.2, 0.25) is 5.91 Å². The first kappa shape index (κ1) is 16.5. The van der Waals surface area contributed by atoms with Crippen molar-refractivity contribution in [2.45, 2.75) is 26.7 Å². The summed E-state index contributed by atoms with van der Waals surface area (Å²) in [6.45, 7) is 5.24. The van der Waals surface area contributed by atoms with E-state index in [0.717, 1.165) is 24.2 Å². The Morgan fingerprint density at radius 3 is 2.75 bits per heavy atom. The molecule has 0 aliphatic heterocycles. The number of carbonyl (C=O) groups excluding carboxylic acids is 1. The number of carbonyl (C=O) groups is 1. The molecule has 0 aromatic heterocycles. The molecule has 1 amide bonds. The van der Waals surface area contributed by atoms with Gasteiger partial charge in [-0.15, -0.1) is 0 Å². The van der Waals surface area contributed by atoms with E-state index in [1.165, 1.54) is 0 Å². The molecule has 0 heterocycles. The Labute approximate surface area is 121 Å². The van der Waals surface area contributed by atoms with Gasteiger partial charge < -0.3 is 15.8 Å². The summed E-state index contributed by atoms with van der Waals surface area (Å²) in [5.74, 6) is 1.30. The highest BCUT2D eigenvalue weighted by molar-refractivity contribution is 5.78. The Balaban J connectivity index is 2.40. The lowest BCUT2D eigenvalue weighted by Gasteiger charge is -2.16. The molecule has 0 saturated carbocycles. The summed E-state index contributed by atoms with van der Waals surface area (Å²) in [6.07, 6.45) is 1.63. The molecule has 1 rings (SSSR count). The number of methoxy groups -OCH3 is 1. The van der Waals surface area contributed by atoms with Crippen LogP contribution < -0.4 is 15.8 Å². The van der Waals surface area contributed by atoms with Gasteiger partial charge in [0.25, 0.3) is 0 Å². The molecule has 1 unspecified atom stereocenters. The highest BCUT2D eigenvalue weighted by Crippen LogP contribution is 2.13. The molecule has 112 valence electrons. The number of ether oxygens (including phenoxy) is 1. The fraction of sp³-hybridized carbons (Fsp3) is 0.562. The van der Waals surface area contributed by atoms with E-state index >= 15 is 0 Å². The number of hydrogen-bond donors (Lipinski definition) is 2. The minimum absolute atomic E-state index is 0.0593. The van der Waals surface area contributed by atoms with Gasteiger partial charge in [0.05, 0.1) is 13.0 Å². The van der Waals surface area contributed by atoms with Crippen LogP contribution in [-0.4, -0.2) is 26.1 Å². The van der Waals surface area contributed by atoms with Crippen molar-refractivity contribution in [3.8, 4) is 5.75 Å². The third-order valence-corrected chi connectivity index (χ3v) is 3.26. The van der Waals surface area contributed by atoms with Gasteiger partial charge in [0.1, 0.15) is 5.75 Å². The molecule has 0 fully saturated rings.